The number of hydrogen-bond acceptors (Lipinski definition) is 4. The second kappa shape index (κ2) is 8.73. The SMILES string of the molecule is CN1CCN(CCc2ccc(NC(=O)NCCO)cc2)CC1. The number of urea groups is 1. The number of carbonyl (C=O) groups excluding carboxylic acids is 1. The Hall–Kier alpha value is -1.63. The fourth-order valence-corrected chi connectivity index (χ4v) is 2.46. The van der Waals surface area contributed by atoms with Crippen LogP contribution in [0.4, 0.5) is 10.5 Å². The highest BCUT2D eigenvalue weighted by atomic mass is 16.3. The number of benzene rings is 1. The molecule has 1 heterocycles. The molecule has 22 heavy (non-hydrogen) atoms. The predicted molar refractivity (Wildman–Crippen MR) is 88.2 cm³/mol. The Bertz CT molecular complexity index is 456. The molecule has 0 atom stereocenters. The van der Waals surface area contributed by atoms with Crippen molar-refractivity contribution in [2.75, 3.05) is 58.2 Å². The first-order valence-corrected chi connectivity index (χ1v) is 7.83. The Morgan fingerprint density at radius 2 is 1.86 bits per heavy atom. The minimum Gasteiger partial charge on any atom is -0.395 e. The van der Waals surface area contributed by atoms with Crippen molar-refractivity contribution in [1.29, 1.82) is 0 Å². The molecular formula is C16H26N4O2. The summed E-state index contributed by atoms with van der Waals surface area (Å²) in [6, 6.07) is 7.64. The lowest BCUT2D eigenvalue weighted by molar-refractivity contribution is 0.155. The van der Waals surface area contributed by atoms with E-state index in [2.05, 4.69) is 39.6 Å². The lowest BCUT2D eigenvalue weighted by Crippen LogP contribution is -2.45. The fraction of sp³-hybridized carbons (Fsp3) is 0.562. The van der Waals surface area contributed by atoms with Crippen LogP contribution < -0.4 is 10.6 Å². The molecule has 1 aliphatic rings. The van der Waals surface area contributed by atoms with Gasteiger partial charge in [-0.15, -0.1) is 0 Å². The van der Waals surface area contributed by atoms with Gasteiger partial charge in [0.25, 0.3) is 0 Å². The molecule has 0 aliphatic carbocycles. The van der Waals surface area contributed by atoms with Crippen molar-refractivity contribution in [2.24, 2.45) is 0 Å². The molecule has 122 valence electrons. The average molecular weight is 306 g/mol. The number of carbonyl (C=O) groups is 1. The maximum atomic E-state index is 11.5. The largest absolute Gasteiger partial charge is 0.395 e. The number of nitrogens with zero attached hydrogens (tertiary/aromatic N) is 2. The number of likely N-dealkylation sites (N-methyl/N-ethyl adjacent to an activating group) is 1. The summed E-state index contributed by atoms with van der Waals surface area (Å²) in [5.74, 6) is 0. The quantitative estimate of drug-likeness (QED) is 0.720. The van der Waals surface area contributed by atoms with Crippen LogP contribution in [-0.2, 0) is 6.42 Å². The van der Waals surface area contributed by atoms with Crippen molar-refractivity contribution in [3.8, 4) is 0 Å². The molecule has 0 unspecified atom stereocenters. The second-order valence-corrected chi connectivity index (χ2v) is 5.70. The topological polar surface area (TPSA) is 67.8 Å². The van der Waals surface area contributed by atoms with Crippen molar-refractivity contribution in [3.05, 3.63) is 29.8 Å². The van der Waals surface area contributed by atoms with Crippen molar-refractivity contribution in [3.63, 3.8) is 0 Å². The summed E-state index contributed by atoms with van der Waals surface area (Å²) in [6.45, 7) is 5.85. The van der Waals surface area contributed by atoms with Crippen LogP contribution in [0.25, 0.3) is 0 Å². The van der Waals surface area contributed by atoms with Crippen LogP contribution in [0.1, 0.15) is 5.56 Å². The average Bonchev–Trinajstić information content (AvgIpc) is 2.54. The summed E-state index contributed by atoms with van der Waals surface area (Å²) >= 11 is 0. The van der Waals surface area contributed by atoms with Crippen LogP contribution in [0.5, 0.6) is 0 Å². The summed E-state index contributed by atoms with van der Waals surface area (Å²) in [6.07, 6.45) is 1.03. The van der Waals surface area contributed by atoms with E-state index in [1.54, 1.807) is 0 Å². The number of rotatable bonds is 6. The molecule has 3 N–H and O–H groups in total. The fourth-order valence-electron chi connectivity index (χ4n) is 2.46. The summed E-state index contributed by atoms with van der Waals surface area (Å²) in [7, 11) is 2.17. The minimum absolute atomic E-state index is 0.0569. The van der Waals surface area contributed by atoms with E-state index in [4.69, 9.17) is 5.11 Å². The Labute approximate surface area is 132 Å². The van der Waals surface area contributed by atoms with Crippen LogP contribution in [-0.4, -0.2) is 73.9 Å². The van der Waals surface area contributed by atoms with Crippen LogP contribution in [0.3, 0.4) is 0 Å². The highest BCUT2D eigenvalue weighted by molar-refractivity contribution is 5.89. The Balaban J connectivity index is 1.73. The number of hydrogen-bond donors (Lipinski definition) is 3. The van der Waals surface area contributed by atoms with Gasteiger partial charge in [-0.05, 0) is 31.2 Å². The van der Waals surface area contributed by atoms with E-state index in [0.717, 1.165) is 44.8 Å². The van der Waals surface area contributed by atoms with E-state index in [9.17, 15) is 4.79 Å². The highest BCUT2D eigenvalue weighted by Gasteiger charge is 2.13. The zero-order valence-electron chi connectivity index (χ0n) is 13.2. The third-order valence-corrected chi connectivity index (χ3v) is 3.92. The van der Waals surface area contributed by atoms with Crippen LogP contribution >= 0.6 is 0 Å². The molecule has 1 aromatic carbocycles. The number of aliphatic hydroxyl groups is 1. The normalized spacial score (nSPS) is 16.5. The van der Waals surface area contributed by atoms with Crippen LogP contribution in [0, 0.1) is 0 Å². The van der Waals surface area contributed by atoms with Crippen LogP contribution in [0.2, 0.25) is 0 Å². The smallest absolute Gasteiger partial charge is 0.319 e. The van der Waals surface area contributed by atoms with Gasteiger partial charge in [-0.2, -0.15) is 0 Å². The zero-order chi connectivity index (χ0) is 15.8. The monoisotopic (exact) mass is 306 g/mol. The van der Waals surface area contributed by atoms with Gasteiger partial charge in [-0.1, -0.05) is 12.1 Å². The third-order valence-electron chi connectivity index (χ3n) is 3.92. The highest BCUT2D eigenvalue weighted by Crippen LogP contribution is 2.11. The van der Waals surface area contributed by atoms with Gasteiger partial charge in [0.2, 0.25) is 0 Å². The first-order valence-electron chi connectivity index (χ1n) is 7.83. The molecule has 6 heteroatoms. The Morgan fingerprint density at radius 1 is 1.18 bits per heavy atom. The lowest BCUT2D eigenvalue weighted by atomic mass is 10.1. The Morgan fingerprint density at radius 3 is 2.50 bits per heavy atom. The summed E-state index contributed by atoms with van der Waals surface area (Å²) in [5, 5.41) is 13.9. The van der Waals surface area contributed by atoms with Gasteiger partial charge in [0.1, 0.15) is 0 Å². The van der Waals surface area contributed by atoms with Gasteiger partial charge >= 0.3 is 6.03 Å². The van der Waals surface area contributed by atoms with Gasteiger partial charge in [0, 0.05) is 45.0 Å². The zero-order valence-corrected chi connectivity index (χ0v) is 13.2. The number of piperazine rings is 1. The van der Waals surface area contributed by atoms with E-state index in [1.807, 2.05) is 12.1 Å². The van der Waals surface area contributed by atoms with Crippen molar-refractivity contribution in [2.45, 2.75) is 6.42 Å². The van der Waals surface area contributed by atoms with E-state index < -0.39 is 0 Å². The molecule has 0 spiro atoms. The number of aliphatic hydroxyl groups excluding tert-OH is 1. The summed E-state index contributed by atoms with van der Waals surface area (Å²) in [5.41, 5.74) is 2.04. The van der Waals surface area contributed by atoms with Gasteiger partial charge in [0.15, 0.2) is 0 Å². The summed E-state index contributed by atoms with van der Waals surface area (Å²) < 4.78 is 0. The standard InChI is InChI=1S/C16H26N4O2/c1-19-9-11-20(12-10-19)8-6-14-2-4-15(5-3-14)18-16(22)17-7-13-21/h2-5,21H,6-13H2,1H3,(H2,17,18,22). The molecule has 1 aliphatic heterocycles. The number of anilines is 1. The molecule has 0 bridgehead atoms. The molecule has 0 aromatic heterocycles. The first kappa shape index (κ1) is 16.7. The molecule has 6 nitrogen and oxygen atoms in total. The molecule has 2 amide bonds. The lowest BCUT2D eigenvalue weighted by Gasteiger charge is -2.32. The number of nitrogens with one attached hydrogen (secondary N) is 2. The molecule has 0 saturated carbocycles. The maximum Gasteiger partial charge on any atom is 0.319 e. The van der Waals surface area contributed by atoms with E-state index in [-0.39, 0.29) is 19.2 Å². The Kier molecular flexibility index (Phi) is 6.64. The summed E-state index contributed by atoms with van der Waals surface area (Å²) in [4.78, 5) is 16.3. The van der Waals surface area contributed by atoms with Crippen molar-refractivity contribution >= 4 is 11.7 Å². The third kappa shape index (κ3) is 5.63. The maximum absolute atomic E-state index is 11.5. The first-order chi connectivity index (χ1) is 10.7. The molecular weight excluding hydrogens is 280 g/mol. The molecule has 1 saturated heterocycles. The molecule has 2 rings (SSSR count). The van der Waals surface area contributed by atoms with Gasteiger partial charge in [-0.25, -0.2) is 4.79 Å². The van der Waals surface area contributed by atoms with E-state index >= 15 is 0 Å². The minimum atomic E-state index is -0.292. The van der Waals surface area contributed by atoms with Crippen molar-refractivity contribution in [1.82, 2.24) is 15.1 Å². The number of amides is 2. The van der Waals surface area contributed by atoms with Crippen LogP contribution in [0.15, 0.2) is 24.3 Å². The van der Waals surface area contributed by atoms with E-state index in [0.29, 0.717) is 0 Å². The predicted octanol–water partition coefficient (Wildman–Crippen LogP) is 0.590. The molecule has 1 aromatic rings. The van der Waals surface area contributed by atoms with Gasteiger partial charge < -0.3 is 25.5 Å². The second-order valence-electron chi connectivity index (χ2n) is 5.70. The van der Waals surface area contributed by atoms with Gasteiger partial charge in [-0.3, -0.25) is 0 Å². The molecule has 1 fully saturated rings. The van der Waals surface area contributed by atoms with E-state index in [1.165, 1.54) is 5.56 Å². The van der Waals surface area contributed by atoms with Gasteiger partial charge in [0.05, 0.1) is 6.61 Å². The van der Waals surface area contributed by atoms with Crippen molar-refractivity contribution < 1.29 is 9.90 Å². The molecule has 0 radical (unpaired) electrons.